The Labute approximate surface area is 150 Å². The molecule has 0 radical (unpaired) electrons. The Bertz CT molecular complexity index is 795. The van der Waals surface area contributed by atoms with Crippen molar-refractivity contribution in [2.75, 3.05) is 6.54 Å². The fraction of sp³-hybridized carbons (Fsp3) is 0.333. The van der Waals surface area contributed by atoms with Crippen molar-refractivity contribution in [3.63, 3.8) is 0 Å². The maximum Gasteiger partial charge on any atom is 0.169 e. The normalized spacial score (nSPS) is 18.0. The van der Waals surface area contributed by atoms with Gasteiger partial charge in [0.05, 0.1) is 29.1 Å². The van der Waals surface area contributed by atoms with E-state index in [0.717, 1.165) is 34.4 Å². The SMILES string of the molecule is S=C(NCc1ccco1)N1CCCC[C@@H]1c1nc2ccccc2s1. The number of furan rings is 1. The summed E-state index contributed by atoms with van der Waals surface area (Å²) in [6, 6.07) is 12.4. The fourth-order valence-corrected chi connectivity index (χ4v) is 4.55. The Morgan fingerprint density at radius 1 is 1.29 bits per heavy atom. The number of likely N-dealkylation sites (tertiary alicyclic amines) is 1. The van der Waals surface area contributed by atoms with Crippen molar-refractivity contribution < 1.29 is 4.42 Å². The van der Waals surface area contributed by atoms with Gasteiger partial charge in [-0.25, -0.2) is 4.98 Å². The monoisotopic (exact) mass is 357 g/mol. The molecule has 0 amide bonds. The highest BCUT2D eigenvalue weighted by Gasteiger charge is 2.28. The van der Waals surface area contributed by atoms with Crippen LogP contribution in [0.5, 0.6) is 0 Å². The Morgan fingerprint density at radius 2 is 2.21 bits per heavy atom. The Morgan fingerprint density at radius 3 is 3.04 bits per heavy atom. The lowest BCUT2D eigenvalue weighted by Gasteiger charge is -2.36. The summed E-state index contributed by atoms with van der Waals surface area (Å²) in [4.78, 5) is 7.14. The molecular weight excluding hydrogens is 338 g/mol. The zero-order valence-corrected chi connectivity index (χ0v) is 14.9. The minimum atomic E-state index is 0.271. The van der Waals surface area contributed by atoms with Crippen molar-refractivity contribution in [2.45, 2.75) is 31.8 Å². The molecule has 2 aromatic heterocycles. The van der Waals surface area contributed by atoms with Crippen LogP contribution in [0.25, 0.3) is 10.2 Å². The van der Waals surface area contributed by atoms with Crippen molar-refractivity contribution in [3.05, 3.63) is 53.4 Å². The van der Waals surface area contributed by atoms with Crippen LogP contribution in [0.2, 0.25) is 0 Å². The van der Waals surface area contributed by atoms with Crippen LogP contribution in [0.15, 0.2) is 47.1 Å². The summed E-state index contributed by atoms with van der Waals surface area (Å²) in [5.41, 5.74) is 1.08. The highest BCUT2D eigenvalue weighted by atomic mass is 32.1. The minimum absolute atomic E-state index is 0.271. The van der Waals surface area contributed by atoms with E-state index in [-0.39, 0.29) is 6.04 Å². The average molecular weight is 358 g/mol. The first-order valence-corrected chi connectivity index (χ1v) is 9.46. The van der Waals surface area contributed by atoms with Gasteiger partial charge >= 0.3 is 0 Å². The highest BCUT2D eigenvalue weighted by Crippen LogP contribution is 2.35. The van der Waals surface area contributed by atoms with E-state index < -0.39 is 0 Å². The van der Waals surface area contributed by atoms with Crippen molar-refractivity contribution in [1.82, 2.24) is 15.2 Å². The van der Waals surface area contributed by atoms with Gasteiger partial charge in [0.25, 0.3) is 0 Å². The summed E-state index contributed by atoms with van der Waals surface area (Å²) < 4.78 is 6.61. The molecular formula is C18H19N3OS2. The number of nitrogens with one attached hydrogen (secondary N) is 1. The Hall–Kier alpha value is -1.92. The molecule has 0 spiro atoms. The molecule has 1 N–H and O–H groups in total. The number of thiocarbonyl (C=S) groups is 1. The summed E-state index contributed by atoms with van der Waals surface area (Å²) in [5, 5.41) is 5.28. The van der Waals surface area contributed by atoms with Gasteiger partial charge in [-0.2, -0.15) is 0 Å². The third kappa shape index (κ3) is 3.16. The summed E-state index contributed by atoms with van der Waals surface area (Å²) >= 11 is 7.44. The molecule has 1 aliphatic heterocycles. The van der Waals surface area contributed by atoms with Crippen LogP contribution >= 0.6 is 23.6 Å². The van der Waals surface area contributed by atoms with Crippen LogP contribution in [-0.2, 0) is 6.54 Å². The molecule has 0 unspecified atom stereocenters. The largest absolute Gasteiger partial charge is 0.467 e. The zero-order chi connectivity index (χ0) is 16.4. The lowest BCUT2D eigenvalue weighted by molar-refractivity contribution is 0.241. The molecule has 0 bridgehead atoms. The number of benzene rings is 1. The maximum atomic E-state index is 5.65. The minimum Gasteiger partial charge on any atom is -0.467 e. The second-order valence-electron chi connectivity index (χ2n) is 5.96. The smallest absolute Gasteiger partial charge is 0.169 e. The molecule has 3 aromatic rings. The van der Waals surface area contributed by atoms with Crippen LogP contribution in [0.3, 0.4) is 0 Å². The van der Waals surface area contributed by atoms with Crippen molar-refractivity contribution in [3.8, 4) is 0 Å². The van der Waals surface area contributed by atoms with Crippen molar-refractivity contribution >= 4 is 38.9 Å². The van der Waals surface area contributed by atoms with Crippen LogP contribution < -0.4 is 5.32 Å². The first-order chi connectivity index (χ1) is 11.8. The van der Waals surface area contributed by atoms with E-state index >= 15 is 0 Å². The topological polar surface area (TPSA) is 41.3 Å². The molecule has 0 aliphatic carbocycles. The highest BCUT2D eigenvalue weighted by molar-refractivity contribution is 7.80. The number of fused-ring (bicyclic) bond motifs is 1. The van der Waals surface area contributed by atoms with Gasteiger partial charge in [0, 0.05) is 6.54 Å². The number of aromatic nitrogens is 1. The van der Waals surface area contributed by atoms with Gasteiger partial charge in [-0.3, -0.25) is 0 Å². The number of nitrogens with zero attached hydrogens (tertiary/aromatic N) is 2. The number of piperidine rings is 1. The predicted octanol–water partition coefficient (Wildman–Crippen LogP) is 4.49. The van der Waals surface area contributed by atoms with Crippen molar-refractivity contribution in [2.24, 2.45) is 0 Å². The zero-order valence-electron chi connectivity index (χ0n) is 13.3. The number of para-hydroxylation sites is 1. The van der Waals surface area contributed by atoms with Gasteiger partial charge < -0.3 is 14.6 Å². The second-order valence-corrected chi connectivity index (χ2v) is 7.41. The molecule has 6 heteroatoms. The number of thiazole rings is 1. The number of hydrogen-bond acceptors (Lipinski definition) is 4. The fourth-order valence-electron chi connectivity index (χ4n) is 3.14. The first-order valence-electron chi connectivity index (χ1n) is 8.23. The molecule has 4 nitrogen and oxygen atoms in total. The predicted molar refractivity (Wildman–Crippen MR) is 101 cm³/mol. The van der Waals surface area contributed by atoms with Gasteiger partial charge in [0.15, 0.2) is 5.11 Å². The van der Waals surface area contributed by atoms with Gasteiger partial charge in [-0.1, -0.05) is 12.1 Å². The van der Waals surface area contributed by atoms with E-state index in [2.05, 4.69) is 28.4 Å². The summed E-state index contributed by atoms with van der Waals surface area (Å²) in [6.07, 6.45) is 5.18. The molecule has 0 saturated carbocycles. The Balaban J connectivity index is 1.52. The molecule has 124 valence electrons. The van der Waals surface area contributed by atoms with Crippen LogP contribution in [0.1, 0.15) is 36.1 Å². The van der Waals surface area contributed by atoms with Gasteiger partial charge in [-0.05, 0) is 55.7 Å². The van der Waals surface area contributed by atoms with Crippen molar-refractivity contribution in [1.29, 1.82) is 0 Å². The third-order valence-corrected chi connectivity index (χ3v) is 5.87. The van der Waals surface area contributed by atoms with Gasteiger partial charge in [0.2, 0.25) is 0 Å². The second kappa shape index (κ2) is 6.91. The summed E-state index contributed by atoms with van der Waals surface area (Å²) in [6.45, 7) is 1.60. The van der Waals surface area contributed by atoms with Gasteiger partial charge in [-0.15, -0.1) is 11.3 Å². The standard InChI is InChI=1S/C18H19N3OS2/c23-18(19-12-13-6-5-11-22-13)21-10-4-3-8-15(21)17-20-14-7-1-2-9-16(14)24-17/h1-2,5-7,9,11,15H,3-4,8,10,12H2,(H,19,23)/t15-/m1/s1. The molecule has 1 aliphatic rings. The lowest BCUT2D eigenvalue weighted by atomic mass is 10.0. The molecule has 3 heterocycles. The number of rotatable bonds is 3. The van der Waals surface area contributed by atoms with E-state index in [1.54, 1.807) is 17.6 Å². The molecule has 1 fully saturated rings. The van der Waals surface area contributed by atoms with Crippen LogP contribution in [-0.4, -0.2) is 21.5 Å². The van der Waals surface area contributed by atoms with Crippen LogP contribution in [0.4, 0.5) is 0 Å². The number of hydrogen-bond donors (Lipinski definition) is 1. The summed E-state index contributed by atoms with van der Waals surface area (Å²) in [7, 11) is 0. The molecule has 1 aromatic carbocycles. The average Bonchev–Trinajstić information content (AvgIpc) is 3.29. The summed E-state index contributed by atoms with van der Waals surface area (Å²) in [5.74, 6) is 0.894. The van der Waals surface area contributed by atoms with Gasteiger partial charge in [0.1, 0.15) is 10.8 Å². The maximum absolute atomic E-state index is 5.65. The third-order valence-electron chi connectivity index (χ3n) is 4.35. The van der Waals surface area contributed by atoms with E-state index in [4.69, 9.17) is 21.6 Å². The molecule has 1 saturated heterocycles. The molecule has 24 heavy (non-hydrogen) atoms. The first kappa shape index (κ1) is 15.6. The lowest BCUT2D eigenvalue weighted by Crippen LogP contribution is -2.44. The quantitative estimate of drug-likeness (QED) is 0.700. The molecule has 1 atom stereocenters. The van der Waals surface area contributed by atoms with E-state index in [1.165, 1.54) is 17.5 Å². The Kier molecular flexibility index (Phi) is 4.49. The van der Waals surface area contributed by atoms with E-state index in [9.17, 15) is 0 Å². The van der Waals surface area contributed by atoms with E-state index in [0.29, 0.717) is 6.54 Å². The van der Waals surface area contributed by atoms with E-state index in [1.807, 2.05) is 18.2 Å². The molecule has 4 rings (SSSR count). The van der Waals surface area contributed by atoms with Crippen LogP contribution in [0, 0.1) is 0 Å².